The van der Waals surface area contributed by atoms with Gasteiger partial charge in [-0.1, -0.05) is 48.0 Å². The summed E-state index contributed by atoms with van der Waals surface area (Å²) in [5, 5.41) is 19.2. The van der Waals surface area contributed by atoms with Crippen LogP contribution in [0.2, 0.25) is 5.02 Å². The Labute approximate surface area is 230 Å². The molecule has 0 fully saturated rings. The number of halogens is 1. The lowest BCUT2D eigenvalue weighted by Crippen LogP contribution is -2.22. The summed E-state index contributed by atoms with van der Waals surface area (Å²) in [5.41, 5.74) is 9.51. The third kappa shape index (κ3) is 4.37. The van der Waals surface area contributed by atoms with Gasteiger partial charge < -0.3 is 15.3 Å². The van der Waals surface area contributed by atoms with Gasteiger partial charge in [0.1, 0.15) is 5.01 Å². The third-order valence-electron chi connectivity index (χ3n) is 7.28. The average Bonchev–Trinajstić information content (AvgIpc) is 3.54. The molecular formula is C29H29ClN6OS. The zero-order valence-corrected chi connectivity index (χ0v) is 23.2. The SMILES string of the molecule is Cc1c(-c2nc3c(Cl)cc(N(C)CCO)cn3n2)cccc1-c1cccc(-c2nc3c(s2)CNCC3)c1C. The van der Waals surface area contributed by atoms with Gasteiger partial charge in [-0.2, -0.15) is 0 Å². The second kappa shape index (κ2) is 10.1. The standard InChI is InChI=1S/C29H29ClN6OS/c1-17-20(21-7-5-9-23(18(21)2)29-32-25-10-11-31-15-26(25)38-29)6-4-8-22(17)27-33-28-24(30)14-19(16-36(28)34-27)35(3)12-13-37/h4-9,14,16,31,37H,10-13,15H2,1-3H3. The van der Waals surface area contributed by atoms with E-state index < -0.39 is 0 Å². The number of aromatic nitrogens is 4. The van der Waals surface area contributed by atoms with Crippen molar-refractivity contribution in [3.05, 3.63) is 75.4 Å². The van der Waals surface area contributed by atoms with E-state index in [-0.39, 0.29) is 6.61 Å². The molecule has 7 nitrogen and oxygen atoms in total. The summed E-state index contributed by atoms with van der Waals surface area (Å²) in [6, 6.07) is 14.6. The van der Waals surface area contributed by atoms with Gasteiger partial charge in [0.25, 0.3) is 0 Å². The zero-order valence-electron chi connectivity index (χ0n) is 21.6. The second-order valence-corrected chi connectivity index (χ2v) is 11.2. The zero-order chi connectivity index (χ0) is 26.4. The normalized spacial score (nSPS) is 13.2. The van der Waals surface area contributed by atoms with Crippen molar-refractivity contribution in [1.29, 1.82) is 0 Å². The van der Waals surface area contributed by atoms with Gasteiger partial charge in [-0.25, -0.2) is 14.5 Å². The van der Waals surface area contributed by atoms with Gasteiger partial charge in [0.15, 0.2) is 11.5 Å². The number of pyridine rings is 1. The van der Waals surface area contributed by atoms with Gasteiger partial charge in [-0.05, 0) is 42.2 Å². The van der Waals surface area contributed by atoms with Gasteiger partial charge in [-0.15, -0.1) is 16.4 Å². The maximum Gasteiger partial charge on any atom is 0.182 e. The maximum absolute atomic E-state index is 9.31. The number of nitrogens with zero attached hydrogens (tertiary/aromatic N) is 5. The van der Waals surface area contributed by atoms with Crippen LogP contribution in [-0.4, -0.2) is 51.4 Å². The van der Waals surface area contributed by atoms with Crippen molar-refractivity contribution in [3.8, 4) is 33.1 Å². The molecule has 2 N–H and O–H groups in total. The number of nitrogens with one attached hydrogen (secondary N) is 1. The Balaban J connectivity index is 1.41. The number of rotatable bonds is 6. The van der Waals surface area contributed by atoms with E-state index in [4.69, 9.17) is 26.7 Å². The summed E-state index contributed by atoms with van der Waals surface area (Å²) >= 11 is 8.38. The minimum Gasteiger partial charge on any atom is -0.395 e. The van der Waals surface area contributed by atoms with Crippen LogP contribution in [0.25, 0.3) is 38.7 Å². The second-order valence-electron chi connectivity index (χ2n) is 9.67. The number of hydrogen-bond acceptors (Lipinski definition) is 7. The third-order valence-corrected chi connectivity index (χ3v) is 8.69. The molecule has 194 valence electrons. The quantitative estimate of drug-likeness (QED) is 0.292. The van der Waals surface area contributed by atoms with Crippen LogP contribution in [0.1, 0.15) is 21.7 Å². The summed E-state index contributed by atoms with van der Waals surface area (Å²) in [6.45, 7) is 6.76. The minimum absolute atomic E-state index is 0.0590. The maximum atomic E-state index is 9.31. The topological polar surface area (TPSA) is 78.6 Å². The van der Waals surface area contributed by atoms with E-state index in [1.54, 1.807) is 15.9 Å². The molecule has 1 aliphatic heterocycles. The first-order valence-corrected chi connectivity index (χ1v) is 13.9. The molecular weight excluding hydrogens is 516 g/mol. The molecule has 0 radical (unpaired) electrons. The van der Waals surface area contributed by atoms with E-state index in [1.165, 1.54) is 27.3 Å². The molecule has 0 atom stereocenters. The first-order chi connectivity index (χ1) is 18.4. The fourth-order valence-corrected chi connectivity index (χ4v) is 6.51. The number of anilines is 1. The molecule has 5 aromatic rings. The smallest absolute Gasteiger partial charge is 0.182 e. The lowest BCUT2D eigenvalue weighted by Gasteiger charge is -2.17. The highest BCUT2D eigenvalue weighted by Crippen LogP contribution is 2.38. The molecule has 0 amide bonds. The van der Waals surface area contributed by atoms with Crippen molar-refractivity contribution in [1.82, 2.24) is 24.9 Å². The van der Waals surface area contributed by atoms with E-state index in [0.717, 1.165) is 46.9 Å². The van der Waals surface area contributed by atoms with Crippen molar-refractivity contribution in [3.63, 3.8) is 0 Å². The molecule has 9 heteroatoms. The van der Waals surface area contributed by atoms with Crippen LogP contribution in [0, 0.1) is 13.8 Å². The first-order valence-electron chi connectivity index (χ1n) is 12.7. The predicted octanol–water partition coefficient (Wildman–Crippen LogP) is 5.53. The van der Waals surface area contributed by atoms with Crippen LogP contribution in [-0.2, 0) is 13.0 Å². The Morgan fingerprint density at radius 3 is 2.50 bits per heavy atom. The average molecular weight is 545 g/mol. The number of aliphatic hydroxyl groups excluding tert-OH is 1. The number of fused-ring (bicyclic) bond motifs is 2. The Morgan fingerprint density at radius 2 is 1.76 bits per heavy atom. The van der Waals surface area contributed by atoms with E-state index in [9.17, 15) is 5.11 Å². The van der Waals surface area contributed by atoms with Crippen molar-refractivity contribution >= 4 is 34.3 Å². The van der Waals surface area contributed by atoms with Crippen molar-refractivity contribution in [2.45, 2.75) is 26.8 Å². The number of aliphatic hydroxyl groups is 1. The number of hydrogen-bond donors (Lipinski definition) is 2. The van der Waals surface area contributed by atoms with Gasteiger partial charge in [0, 0.05) is 49.1 Å². The van der Waals surface area contributed by atoms with Crippen molar-refractivity contribution in [2.75, 3.05) is 31.6 Å². The molecule has 0 bridgehead atoms. The molecule has 0 spiro atoms. The summed E-state index contributed by atoms with van der Waals surface area (Å²) in [5.74, 6) is 0.627. The highest BCUT2D eigenvalue weighted by atomic mass is 35.5. The number of benzene rings is 2. The fraction of sp³-hybridized carbons (Fsp3) is 0.276. The monoisotopic (exact) mass is 544 g/mol. The molecule has 0 saturated heterocycles. The molecule has 2 aromatic carbocycles. The molecule has 4 heterocycles. The number of likely N-dealkylation sites (N-methyl/N-ethyl adjacent to an activating group) is 1. The van der Waals surface area contributed by atoms with Gasteiger partial charge in [0.2, 0.25) is 0 Å². The molecule has 1 aliphatic rings. The predicted molar refractivity (Wildman–Crippen MR) is 155 cm³/mol. The van der Waals surface area contributed by atoms with Crippen molar-refractivity contribution in [2.24, 2.45) is 0 Å². The van der Waals surface area contributed by atoms with E-state index in [0.29, 0.717) is 23.0 Å². The summed E-state index contributed by atoms with van der Waals surface area (Å²) in [4.78, 5) is 13.1. The Bertz CT molecular complexity index is 1640. The van der Waals surface area contributed by atoms with Crippen LogP contribution in [0.3, 0.4) is 0 Å². The van der Waals surface area contributed by atoms with Crippen LogP contribution >= 0.6 is 22.9 Å². The summed E-state index contributed by atoms with van der Waals surface area (Å²) in [6.07, 6.45) is 2.88. The Morgan fingerprint density at radius 1 is 1.05 bits per heavy atom. The molecule has 0 unspecified atom stereocenters. The van der Waals surface area contributed by atoms with Crippen LogP contribution in [0.4, 0.5) is 5.69 Å². The van der Waals surface area contributed by atoms with E-state index in [1.807, 2.05) is 24.2 Å². The minimum atomic E-state index is 0.0590. The Hall–Kier alpha value is -3.30. The first kappa shape index (κ1) is 25.0. The lowest BCUT2D eigenvalue weighted by atomic mass is 9.91. The fourth-order valence-electron chi connectivity index (χ4n) is 5.10. The van der Waals surface area contributed by atoms with Crippen LogP contribution in [0.5, 0.6) is 0 Å². The highest BCUT2D eigenvalue weighted by Gasteiger charge is 2.20. The number of thiazole rings is 1. The molecule has 3 aromatic heterocycles. The highest BCUT2D eigenvalue weighted by molar-refractivity contribution is 7.15. The van der Waals surface area contributed by atoms with Crippen LogP contribution < -0.4 is 10.2 Å². The van der Waals surface area contributed by atoms with E-state index in [2.05, 4.69) is 55.6 Å². The Kier molecular flexibility index (Phi) is 6.65. The van der Waals surface area contributed by atoms with E-state index >= 15 is 0 Å². The molecule has 0 saturated carbocycles. The largest absolute Gasteiger partial charge is 0.395 e. The summed E-state index contributed by atoms with van der Waals surface area (Å²) < 4.78 is 1.72. The van der Waals surface area contributed by atoms with Gasteiger partial charge in [0.05, 0.1) is 29.2 Å². The van der Waals surface area contributed by atoms with Crippen molar-refractivity contribution < 1.29 is 5.11 Å². The van der Waals surface area contributed by atoms with Gasteiger partial charge in [-0.3, -0.25) is 0 Å². The summed E-state index contributed by atoms with van der Waals surface area (Å²) in [7, 11) is 1.91. The molecule has 0 aliphatic carbocycles. The van der Waals surface area contributed by atoms with Crippen LogP contribution in [0.15, 0.2) is 48.7 Å². The van der Waals surface area contributed by atoms with Gasteiger partial charge >= 0.3 is 0 Å². The lowest BCUT2D eigenvalue weighted by molar-refractivity contribution is 0.304. The molecule has 38 heavy (non-hydrogen) atoms. The molecule has 6 rings (SSSR count).